The fourth-order valence-corrected chi connectivity index (χ4v) is 4.10. The van der Waals surface area contributed by atoms with Gasteiger partial charge in [0, 0.05) is 29.8 Å². The molecule has 0 radical (unpaired) electrons. The zero-order valence-electron chi connectivity index (χ0n) is 18.0. The quantitative estimate of drug-likeness (QED) is 0.374. The third kappa shape index (κ3) is 5.46. The average molecular weight is 447 g/mol. The zero-order chi connectivity index (χ0) is 23.2. The summed E-state index contributed by atoms with van der Waals surface area (Å²) in [5.41, 5.74) is 2.03. The first-order valence-corrected chi connectivity index (χ1v) is 11.0. The average Bonchev–Trinajstić information content (AvgIpc) is 3.44. The number of aromatic nitrogens is 1. The molecule has 8 heteroatoms. The van der Waals surface area contributed by atoms with E-state index < -0.39 is 23.9 Å². The third-order valence-corrected chi connectivity index (χ3v) is 5.87. The largest absolute Gasteiger partial charge is 0.356 e. The van der Waals surface area contributed by atoms with Crippen LogP contribution in [0.3, 0.4) is 0 Å². The number of rotatable bonds is 9. The lowest BCUT2D eigenvalue weighted by atomic mass is 9.98. The van der Waals surface area contributed by atoms with Gasteiger partial charge in [0.1, 0.15) is 18.0 Å². The van der Waals surface area contributed by atoms with Gasteiger partial charge in [0.15, 0.2) is 0 Å². The van der Waals surface area contributed by atoms with Gasteiger partial charge in [-0.05, 0) is 30.5 Å². The van der Waals surface area contributed by atoms with Crippen molar-refractivity contribution in [3.63, 3.8) is 0 Å². The number of carbonyl (C=O) groups excluding carboxylic acids is 4. The van der Waals surface area contributed by atoms with Gasteiger partial charge in [0.25, 0.3) is 5.91 Å². The number of aromatic amines is 1. The normalized spacial score (nSPS) is 17.2. The van der Waals surface area contributed by atoms with E-state index in [2.05, 4.69) is 20.9 Å². The van der Waals surface area contributed by atoms with Crippen LogP contribution in [0.25, 0.3) is 10.9 Å². The summed E-state index contributed by atoms with van der Waals surface area (Å²) in [6.45, 7) is 0.570. The van der Waals surface area contributed by atoms with Crippen LogP contribution in [-0.2, 0) is 20.8 Å². The van der Waals surface area contributed by atoms with Crippen molar-refractivity contribution in [2.24, 2.45) is 5.92 Å². The van der Waals surface area contributed by atoms with E-state index in [1.54, 1.807) is 6.07 Å². The first kappa shape index (κ1) is 22.3. The Morgan fingerprint density at radius 2 is 1.82 bits per heavy atom. The van der Waals surface area contributed by atoms with Crippen molar-refractivity contribution < 1.29 is 19.2 Å². The molecule has 3 amide bonds. The summed E-state index contributed by atoms with van der Waals surface area (Å²) in [6.07, 6.45) is 1.76. The number of amides is 3. The van der Waals surface area contributed by atoms with Crippen LogP contribution in [0, 0.1) is 5.92 Å². The molecule has 3 unspecified atom stereocenters. The molecule has 4 rings (SSSR count). The molecule has 0 spiro atoms. The van der Waals surface area contributed by atoms with Gasteiger partial charge >= 0.3 is 0 Å². The Labute approximate surface area is 191 Å². The van der Waals surface area contributed by atoms with Crippen molar-refractivity contribution in [1.29, 1.82) is 0 Å². The molecule has 3 atom stereocenters. The van der Waals surface area contributed by atoms with Gasteiger partial charge in [-0.15, -0.1) is 0 Å². The lowest BCUT2D eigenvalue weighted by Gasteiger charge is -2.22. The maximum atomic E-state index is 13.1. The smallest absolute Gasteiger partial charge is 0.268 e. The van der Waals surface area contributed by atoms with Crippen molar-refractivity contribution in [2.75, 3.05) is 6.54 Å². The van der Waals surface area contributed by atoms with Crippen LogP contribution in [-0.4, -0.2) is 47.6 Å². The molecule has 1 aromatic heterocycles. The summed E-state index contributed by atoms with van der Waals surface area (Å²) in [5, 5.41) is 9.13. The molecule has 0 saturated carbocycles. The molecule has 170 valence electrons. The Morgan fingerprint density at radius 3 is 2.52 bits per heavy atom. The molecule has 1 aliphatic rings. The fraction of sp³-hybridized carbons (Fsp3) is 0.280. The topological polar surface area (TPSA) is 120 Å². The molecule has 1 aliphatic heterocycles. The maximum absolute atomic E-state index is 13.1. The Hall–Kier alpha value is -3.94. The molecular formula is C25H26N4O4. The number of H-pyrrole nitrogens is 1. The van der Waals surface area contributed by atoms with E-state index in [0.717, 1.165) is 16.5 Å². The number of fused-ring (bicyclic) bond motifs is 1. The van der Waals surface area contributed by atoms with Gasteiger partial charge in [0.05, 0.1) is 6.04 Å². The second-order valence-electron chi connectivity index (χ2n) is 8.25. The van der Waals surface area contributed by atoms with Crippen LogP contribution >= 0.6 is 0 Å². The number of carbonyl (C=O) groups is 4. The van der Waals surface area contributed by atoms with E-state index in [1.165, 1.54) is 0 Å². The fourth-order valence-electron chi connectivity index (χ4n) is 4.10. The minimum atomic E-state index is -0.897. The monoisotopic (exact) mass is 446 g/mol. The first-order valence-electron chi connectivity index (χ1n) is 11.0. The van der Waals surface area contributed by atoms with Gasteiger partial charge in [-0.3, -0.25) is 14.4 Å². The van der Waals surface area contributed by atoms with E-state index in [0.29, 0.717) is 24.9 Å². The summed E-state index contributed by atoms with van der Waals surface area (Å²) in [4.78, 5) is 52.6. The predicted molar refractivity (Wildman–Crippen MR) is 123 cm³/mol. The number of para-hydroxylation sites is 1. The molecule has 3 aromatic rings. The lowest BCUT2D eigenvalue weighted by molar-refractivity contribution is -0.127. The molecule has 0 bridgehead atoms. The molecule has 2 heterocycles. The molecule has 1 fully saturated rings. The molecule has 8 nitrogen and oxygen atoms in total. The molecule has 2 aromatic carbocycles. The van der Waals surface area contributed by atoms with E-state index in [1.807, 2.05) is 54.6 Å². The van der Waals surface area contributed by atoms with Gasteiger partial charge < -0.3 is 25.7 Å². The number of hydrogen-bond donors (Lipinski definition) is 4. The maximum Gasteiger partial charge on any atom is 0.268 e. The third-order valence-electron chi connectivity index (χ3n) is 5.87. The number of aldehydes is 1. The van der Waals surface area contributed by atoms with Crippen LogP contribution in [0.2, 0.25) is 0 Å². The van der Waals surface area contributed by atoms with Crippen LogP contribution in [0.5, 0.6) is 0 Å². The predicted octanol–water partition coefficient (Wildman–Crippen LogP) is 1.72. The SMILES string of the molecule is O=CC(CC1CCNC1=O)NC(=O)C(Cc1ccccc1)NC(=O)c1cc2ccccc2[nH]1. The van der Waals surface area contributed by atoms with Crippen molar-refractivity contribution in [3.8, 4) is 0 Å². The number of nitrogens with one attached hydrogen (secondary N) is 4. The van der Waals surface area contributed by atoms with Crippen LogP contribution in [0.15, 0.2) is 60.7 Å². The van der Waals surface area contributed by atoms with Gasteiger partial charge in [-0.1, -0.05) is 48.5 Å². The molecular weight excluding hydrogens is 420 g/mol. The summed E-state index contributed by atoms with van der Waals surface area (Å²) in [6, 6.07) is 16.9. The van der Waals surface area contributed by atoms with Gasteiger partial charge in [-0.2, -0.15) is 0 Å². The highest BCUT2D eigenvalue weighted by atomic mass is 16.2. The number of hydrogen-bond acceptors (Lipinski definition) is 4. The second kappa shape index (κ2) is 10.1. The van der Waals surface area contributed by atoms with Crippen LogP contribution in [0.4, 0.5) is 0 Å². The van der Waals surface area contributed by atoms with Crippen molar-refractivity contribution in [3.05, 3.63) is 71.9 Å². The minimum Gasteiger partial charge on any atom is -0.356 e. The minimum absolute atomic E-state index is 0.107. The Morgan fingerprint density at radius 1 is 1.06 bits per heavy atom. The molecule has 33 heavy (non-hydrogen) atoms. The highest BCUT2D eigenvalue weighted by molar-refractivity contribution is 6.00. The van der Waals surface area contributed by atoms with Gasteiger partial charge in [0.2, 0.25) is 11.8 Å². The Kier molecular flexibility index (Phi) is 6.83. The summed E-state index contributed by atoms with van der Waals surface area (Å²) < 4.78 is 0. The van der Waals surface area contributed by atoms with E-state index in [-0.39, 0.29) is 24.7 Å². The van der Waals surface area contributed by atoms with Crippen molar-refractivity contribution >= 4 is 34.9 Å². The Bertz CT molecular complexity index is 1120. The van der Waals surface area contributed by atoms with Crippen molar-refractivity contribution in [2.45, 2.75) is 31.3 Å². The highest BCUT2D eigenvalue weighted by Gasteiger charge is 2.30. The summed E-state index contributed by atoms with van der Waals surface area (Å²) in [5.74, 6) is -1.31. The van der Waals surface area contributed by atoms with Crippen LogP contribution in [0.1, 0.15) is 28.9 Å². The standard InChI is InChI=1S/C25H26N4O4/c30-15-19(13-18-10-11-26-23(18)31)27-24(32)21(12-16-6-2-1-3-7-16)29-25(33)22-14-17-8-4-5-9-20(17)28-22/h1-9,14-15,18-19,21,28H,10-13H2,(H,26,31)(H,27,32)(H,29,33). The zero-order valence-corrected chi connectivity index (χ0v) is 18.0. The van der Waals surface area contributed by atoms with E-state index >= 15 is 0 Å². The van der Waals surface area contributed by atoms with E-state index in [4.69, 9.17) is 0 Å². The number of benzene rings is 2. The Balaban J connectivity index is 1.49. The van der Waals surface area contributed by atoms with E-state index in [9.17, 15) is 19.2 Å². The van der Waals surface area contributed by atoms with Crippen LogP contribution < -0.4 is 16.0 Å². The summed E-state index contributed by atoms with van der Waals surface area (Å²) in [7, 11) is 0. The molecule has 0 aliphatic carbocycles. The van der Waals surface area contributed by atoms with Crippen molar-refractivity contribution in [1.82, 2.24) is 20.9 Å². The van der Waals surface area contributed by atoms with Gasteiger partial charge in [-0.25, -0.2) is 0 Å². The second-order valence-corrected chi connectivity index (χ2v) is 8.25. The molecule has 1 saturated heterocycles. The lowest BCUT2D eigenvalue weighted by Crippen LogP contribution is -2.51. The summed E-state index contributed by atoms with van der Waals surface area (Å²) >= 11 is 0. The molecule has 4 N–H and O–H groups in total. The highest BCUT2D eigenvalue weighted by Crippen LogP contribution is 2.17. The first-order chi connectivity index (χ1) is 16.0.